The quantitative estimate of drug-likeness (QED) is 0.299. The van der Waals surface area contributed by atoms with E-state index in [1.807, 2.05) is 6.92 Å². The lowest BCUT2D eigenvalue weighted by molar-refractivity contribution is -0.189. The van der Waals surface area contributed by atoms with Crippen LogP contribution in [0.3, 0.4) is 0 Å². The van der Waals surface area contributed by atoms with E-state index in [1.54, 1.807) is 24.3 Å². The maximum atomic E-state index is 14.5. The summed E-state index contributed by atoms with van der Waals surface area (Å²) in [4.78, 5) is 0. The molecule has 158 valence electrons. The Kier molecular flexibility index (Phi) is 5.65. The van der Waals surface area contributed by atoms with Gasteiger partial charge < -0.3 is 4.74 Å². The van der Waals surface area contributed by atoms with Crippen molar-refractivity contribution >= 4 is 0 Å². The Morgan fingerprint density at radius 3 is 2.00 bits per heavy atom. The summed E-state index contributed by atoms with van der Waals surface area (Å²) in [6.07, 6.45) is -3.05. The van der Waals surface area contributed by atoms with Gasteiger partial charge in [0.15, 0.2) is 17.5 Å². The number of hydrogen-bond acceptors (Lipinski definition) is 1. The largest absolute Gasteiger partial charge is 0.432 e. The fourth-order valence-corrected chi connectivity index (χ4v) is 2.90. The molecule has 0 aliphatic heterocycles. The fraction of sp³-hybridized carbons (Fsp3) is 0.182. The highest BCUT2D eigenvalue weighted by atomic mass is 19.3. The first kappa shape index (κ1) is 20.3. The number of hydrogen-bond donors (Lipinski definition) is 0. The third-order valence-electron chi connectivity index (χ3n) is 4.29. The smallest absolute Gasteiger partial charge is 0.429 e. The molecule has 0 N–H and O–H groups in total. The molecule has 0 atom stereocenters. The Bertz CT molecular complexity index is 1090. The van der Waals surface area contributed by atoms with Crippen molar-refractivity contribution in [2.75, 3.05) is 0 Å². The average Bonchev–Trinajstić information content (AvgIpc) is 2.70. The van der Waals surface area contributed by atoms with Crippen LogP contribution in [0.15, 0.2) is 48.5 Å². The molecule has 3 rings (SSSR count). The Labute approximate surface area is 169 Å². The third-order valence-corrected chi connectivity index (χ3v) is 4.29. The molecule has 0 unspecified atom stereocenters. The van der Waals surface area contributed by atoms with Crippen molar-refractivity contribution in [1.29, 1.82) is 0 Å². The van der Waals surface area contributed by atoms with Crippen LogP contribution in [-0.4, -0.2) is 0 Å². The lowest BCUT2D eigenvalue weighted by Gasteiger charge is -2.20. The molecule has 30 heavy (non-hydrogen) atoms. The van der Waals surface area contributed by atoms with E-state index in [1.165, 1.54) is 0 Å². The highest BCUT2D eigenvalue weighted by Gasteiger charge is 2.41. The summed E-state index contributed by atoms with van der Waals surface area (Å²) in [6.45, 7) is 1.98. The van der Waals surface area contributed by atoms with Crippen molar-refractivity contribution in [2.24, 2.45) is 0 Å². The summed E-state index contributed by atoms with van der Waals surface area (Å²) in [7, 11) is 0. The molecule has 1 nitrogen and oxygen atoms in total. The van der Waals surface area contributed by atoms with Crippen LogP contribution in [0.4, 0.5) is 30.7 Å². The van der Waals surface area contributed by atoms with E-state index < -0.39 is 52.6 Å². The van der Waals surface area contributed by atoms with Crippen LogP contribution in [-0.2, 0) is 12.5 Å². The van der Waals surface area contributed by atoms with E-state index in [-0.39, 0.29) is 11.6 Å². The van der Waals surface area contributed by atoms with Gasteiger partial charge in [-0.3, -0.25) is 0 Å². The second-order valence-corrected chi connectivity index (χ2v) is 6.49. The Morgan fingerprint density at radius 2 is 1.43 bits per heavy atom. The molecule has 0 aliphatic carbocycles. The van der Waals surface area contributed by atoms with Gasteiger partial charge in [0.1, 0.15) is 22.9 Å². The summed E-state index contributed by atoms with van der Waals surface area (Å²) < 4.78 is 109. The zero-order chi connectivity index (χ0) is 22.9. The maximum Gasteiger partial charge on any atom is 0.432 e. The molecule has 0 spiro atoms. The molecule has 0 heterocycles. The zero-order valence-electron chi connectivity index (χ0n) is 16.5. The molecular formula is C22H15F7O. The number of alkyl halides is 2. The Hall–Kier alpha value is -3.03. The molecule has 0 saturated heterocycles. The lowest BCUT2D eigenvalue weighted by Crippen LogP contribution is -2.25. The van der Waals surface area contributed by atoms with Crippen molar-refractivity contribution in [3.05, 3.63) is 88.7 Å². The summed E-state index contributed by atoms with van der Waals surface area (Å²) >= 11 is 0. The molecule has 0 bridgehead atoms. The van der Waals surface area contributed by atoms with Gasteiger partial charge in [0.2, 0.25) is 0 Å². The molecule has 3 aromatic carbocycles. The normalized spacial score (nSPS) is 12.1. The molecular weight excluding hydrogens is 413 g/mol. The van der Waals surface area contributed by atoms with E-state index in [4.69, 9.17) is 1.37 Å². The van der Waals surface area contributed by atoms with Gasteiger partial charge in [-0.15, -0.1) is 0 Å². The van der Waals surface area contributed by atoms with Gasteiger partial charge in [-0.2, -0.15) is 8.78 Å². The highest BCUT2D eigenvalue weighted by molar-refractivity contribution is 5.64. The minimum absolute atomic E-state index is 0.00328. The number of rotatable bonds is 6. The van der Waals surface area contributed by atoms with Crippen molar-refractivity contribution in [3.8, 4) is 16.9 Å². The van der Waals surface area contributed by atoms with E-state index in [0.29, 0.717) is 17.7 Å². The standard InChI is InChI=1S/C22H15F7O/c1-2-3-12-4-6-13(7-5-12)14-8-16(23)20(17(24)9-14)22(28,29)30-15-10-18(25)21(27)19(26)11-15/h4-11H,2-3H2,1H3/i10D. The zero-order valence-corrected chi connectivity index (χ0v) is 15.5. The van der Waals surface area contributed by atoms with Gasteiger partial charge in [-0.05, 0) is 35.2 Å². The number of aryl methyl sites for hydroxylation is 1. The first-order valence-corrected chi connectivity index (χ1v) is 8.85. The van der Waals surface area contributed by atoms with Gasteiger partial charge in [-0.25, -0.2) is 22.0 Å². The predicted molar refractivity (Wildman–Crippen MR) is 96.6 cm³/mol. The summed E-state index contributed by atoms with van der Waals surface area (Å²) in [6, 6.07) is 6.46. The predicted octanol–water partition coefficient (Wildman–Crippen LogP) is 7.13. The van der Waals surface area contributed by atoms with Crippen LogP contribution in [0.5, 0.6) is 5.75 Å². The topological polar surface area (TPSA) is 9.23 Å². The molecule has 0 aromatic heterocycles. The SMILES string of the molecule is [2H]c1c(OC(F)(F)c2c(F)cc(-c3ccc(CCC)cc3)cc2F)cc(F)c(F)c1F. The minimum atomic E-state index is -4.75. The first-order valence-electron chi connectivity index (χ1n) is 9.35. The van der Waals surface area contributed by atoms with Gasteiger partial charge >= 0.3 is 6.11 Å². The van der Waals surface area contributed by atoms with E-state index in [0.717, 1.165) is 18.4 Å². The Balaban J connectivity index is 1.97. The second-order valence-electron chi connectivity index (χ2n) is 6.49. The first-order chi connectivity index (χ1) is 14.5. The number of ether oxygens (including phenoxy) is 1. The highest BCUT2D eigenvalue weighted by Crippen LogP contribution is 2.37. The molecule has 0 aliphatic rings. The van der Waals surface area contributed by atoms with Crippen molar-refractivity contribution in [1.82, 2.24) is 0 Å². The van der Waals surface area contributed by atoms with Crippen molar-refractivity contribution in [2.45, 2.75) is 25.9 Å². The summed E-state index contributed by atoms with van der Waals surface area (Å²) in [5, 5.41) is 0. The van der Waals surface area contributed by atoms with Crippen molar-refractivity contribution < 1.29 is 36.8 Å². The van der Waals surface area contributed by atoms with Crippen LogP contribution < -0.4 is 4.74 Å². The molecule has 0 fully saturated rings. The lowest BCUT2D eigenvalue weighted by atomic mass is 10.00. The van der Waals surface area contributed by atoms with Crippen LogP contribution >= 0.6 is 0 Å². The maximum absolute atomic E-state index is 14.5. The van der Waals surface area contributed by atoms with Gasteiger partial charge in [0.25, 0.3) is 0 Å². The minimum Gasteiger partial charge on any atom is -0.429 e. The number of halogens is 7. The summed E-state index contributed by atoms with van der Waals surface area (Å²) in [5.41, 5.74) is -0.459. The second kappa shape index (κ2) is 8.38. The van der Waals surface area contributed by atoms with Crippen LogP contribution in [0.25, 0.3) is 11.1 Å². The van der Waals surface area contributed by atoms with Crippen LogP contribution in [0.1, 0.15) is 25.8 Å². The molecule has 3 aromatic rings. The molecule has 0 saturated carbocycles. The van der Waals surface area contributed by atoms with Gasteiger partial charge in [0.05, 0.1) is 1.37 Å². The molecule has 8 heteroatoms. The third kappa shape index (κ3) is 4.42. The summed E-state index contributed by atoms with van der Waals surface area (Å²) in [5.74, 6) is -10.8. The fourth-order valence-electron chi connectivity index (χ4n) is 2.90. The van der Waals surface area contributed by atoms with Gasteiger partial charge in [0, 0.05) is 12.1 Å². The average molecular weight is 429 g/mol. The van der Waals surface area contributed by atoms with Crippen LogP contribution in [0, 0.1) is 29.1 Å². The van der Waals surface area contributed by atoms with E-state index in [2.05, 4.69) is 4.74 Å². The van der Waals surface area contributed by atoms with E-state index >= 15 is 0 Å². The molecule has 0 radical (unpaired) electrons. The van der Waals surface area contributed by atoms with Crippen LogP contribution in [0.2, 0.25) is 0 Å². The van der Waals surface area contributed by atoms with Crippen molar-refractivity contribution in [3.63, 3.8) is 0 Å². The molecule has 0 amide bonds. The van der Waals surface area contributed by atoms with E-state index in [9.17, 15) is 30.7 Å². The number of benzene rings is 3. The monoisotopic (exact) mass is 429 g/mol. The van der Waals surface area contributed by atoms with Gasteiger partial charge in [-0.1, -0.05) is 37.6 Å². The Morgan fingerprint density at radius 1 is 0.833 bits per heavy atom.